The second-order valence-corrected chi connectivity index (χ2v) is 12.3. The summed E-state index contributed by atoms with van der Waals surface area (Å²) in [6.45, 7) is 5.06. The molecule has 3 saturated carbocycles. The van der Waals surface area contributed by atoms with Crippen LogP contribution in [0.5, 0.6) is 5.75 Å². The first kappa shape index (κ1) is 27.0. The molecule has 3 heteroatoms. The lowest BCUT2D eigenvalue weighted by Gasteiger charge is -2.41. The molecule has 0 unspecified atom stereocenters. The fourth-order valence-electron chi connectivity index (χ4n) is 7.32. The Bertz CT molecular complexity index is 796. The molecule has 3 aliphatic carbocycles. The summed E-state index contributed by atoms with van der Waals surface area (Å²) in [7, 11) is 0. The van der Waals surface area contributed by atoms with E-state index in [4.69, 9.17) is 16.3 Å². The van der Waals surface area contributed by atoms with Crippen molar-refractivity contribution < 1.29 is 9.13 Å². The Balaban J connectivity index is 1.20. The quantitative estimate of drug-likeness (QED) is 0.305. The summed E-state index contributed by atoms with van der Waals surface area (Å²) in [4.78, 5) is 0. The Morgan fingerprint density at radius 3 is 1.91 bits per heavy atom. The number of unbranched alkanes of at least 4 members (excludes halogenated alkanes) is 1. The molecule has 0 spiro atoms. The van der Waals surface area contributed by atoms with E-state index in [1.54, 1.807) is 6.07 Å². The van der Waals surface area contributed by atoms with Gasteiger partial charge >= 0.3 is 0 Å². The topological polar surface area (TPSA) is 9.23 Å². The third-order valence-electron chi connectivity index (χ3n) is 9.82. The van der Waals surface area contributed by atoms with Crippen LogP contribution in [-0.2, 0) is 0 Å². The molecule has 35 heavy (non-hydrogen) atoms. The van der Waals surface area contributed by atoms with Gasteiger partial charge in [-0.1, -0.05) is 63.3 Å². The zero-order valence-electron chi connectivity index (χ0n) is 22.3. The Hall–Kier alpha value is -1.02. The van der Waals surface area contributed by atoms with Crippen LogP contribution in [0.2, 0.25) is 5.02 Å². The molecule has 0 amide bonds. The number of halogens is 2. The van der Waals surface area contributed by atoms with Crippen molar-refractivity contribution in [2.75, 3.05) is 6.61 Å². The number of rotatable bonds is 9. The summed E-state index contributed by atoms with van der Waals surface area (Å²) in [6, 6.07) is 3.61. The van der Waals surface area contributed by atoms with E-state index in [-0.39, 0.29) is 10.8 Å². The van der Waals surface area contributed by atoms with E-state index in [0.29, 0.717) is 23.8 Å². The van der Waals surface area contributed by atoms with Crippen LogP contribution in [0.25, 0.3) is 6.08 Å². The van der Waals surface area contributed by atoms with Crippen LogP contribution < -0.4 is 4.74 Å². The van der Waals surface area contributed by atoms with E-state index in [1.165, 1.54) is 83.5 Å². The van der Waals surface area contributed by atoms with Crippen LogP contribution in [0.15, 0.2) is 18.2 Å². The molecule has 0 aromatic heterocycles. The molecule has 1 nitrogen and oxygen atoms in total. The van der Waals surface area contributed by atoms with E-state index in [9.17, 15) is 4.39 Å². The highest BCUT2D eigenvalue weighted by Crippen LogP contribution is 2.46. The highest BCUT2D eigenvalue weighted by molar-refractivity contribution is 6.32. The van der Waals surface area contributed by atoms with Gasteiger partial charge in [-0.05, 0) is 118 Å². The maximum Gasteiger partial charge on any atom is 0.152 e. The molecule has 3 fully saturated rings. The Morgan fingerprint density at radius 2 is 1.37 bits per heavy atom. The lowest BCUT2D eigenvalue weighted by atomic mass is 9.65. The maximum atomic E-state index is 14.8. The van der Waals surface area contributed by atoms with Gasteiger partial charge in [0, 0.05) is 5.56 Å². The monoisotopic (exact) mass is 502 g/mol. The molecular formula is C32H48ClFO. The molecule has 4 rings (SSSR count). The Kier molecular flexibility index (Phi) is 10.4. The second-order valence-electron chi connectivity index (χ2n) is 11.9. The number of hydrogen-bond donors (Lipinski definition) is 0. The molecule has 0 atom stereocenters. The van der Waals surface area contributed by atoms with E-state index >= 15 is 0 Å². The molecule has 0 bridgehead atoms. The van der Waals surface area contributed by atoms with Crippen molar-refractivity contribution in [3.05, 3.63) is 34.6 Å². The average molecular weight is 503 g/mol. The van der Waals surface area contributed by atoms with Gasteiger partial charge in [-0.2, -0.15) is 0 Å². The minimum Gasteiger partial charge on any atom is -0.492 e. The summed E-state index contributed by atoms with van der Waals surface area (Å²) < 4.78 is 20.4. The van der Waals surface area contributed by atoms with Crippen molar-refractivity contribution in [1.82, 2.24) is 0 Å². The van der Waals surface area contributed by atoms with Crippen molar-refractivity contribution in [2.45, 2.75) is 110 Å². The van der Waals surface area contributed by atoms with Gasteiger partial charge in [0.1, 0.15) is 10.8 Å². The first-order chi connectivity index (χ1) is 17.1. The SMILES string of the molecule is CCCCOc1ccc(C=CC2CCC(C3CCC(C4CCC(CC)CC4)CC3)CC2)c(F)c1Cl. The van der Waals surface area contributed by atoms with Gasteiger partial charge in [0.25, 0.3) is 0 Å². The van der Waals surface area contributed by atoms with E-state index < -0.39 is 0 Å². The molecular weight excluding hydrogens is 455 g/mol. The van der Waals surface area contributed by atoms with E-state index in [0.717, 1.165) is 42.4 Å². The zero-order valence-corrected chi connectivity index (χ0v) is 23.0. The molecule has 3 aliphatic rings. The summed E-state index contributed by atoms with van der Waals surface area (Å²) in [6.07, 6.45) is 24.7. The number of benzene rings is 1. The van der Waals surface area contributed by atoms with Crippen molar-refractivity contribution in [3.63, 3.8) is 0 Å². The second kappa shape index (κ2) is 13.5. The molecule has 1 aromatic carbocycles. The number of allylic oxidation sites excluding steroid dienone is 1. The van der Waals surface area contributed by atoms with Crippen LogP contribution in [-0.4, -0.2) is 6.61 Å². The summed E-state index contributed by atoms with van der Waals surface area (Å²) in [5.74, 6) is 5.62. The van der Waals surface area contributed by atoms with Crippen molar-refractivity contribution in [1.29, 1.82) is 0 Å². The fourth-order valence-corrected chi connectivity index (χ4v) is 7.54. The third-order valence-corrected chi connectivity index (χ3v) is 10.2. The summed E-state index contributed by atoms with van der Waals surface area (Å²) >= 11 is 6.24. The first-order valence-corrected chi connectivity index (χ1v) is 15.3. The standard InChI is InChI=1S/C32H48ClFO/c1-3-5-22-35-30-21-20-29(32(34)31(30)33)15-10-24-8-13-26(14-9-24)28-18-16-27(17-19-28)25-11-6-23(4-2)7-12-25/h10,15,20-21,23-28H,3-9,11-14,16-19,22H2,1-2H3. The molecule has 0 radical (unpaired) electrons. The predicted molar refractivity (Wildman–Crippen MR) is 147 cm³/mol. The minimum absolute atomic E-state index is 0.112. The van der Waals surface area contributed by atoms with Gasteiger partial charge in [0.2, 0.25) is 0 Å². The fraction of sp³-hybridized carbons (Fsp3) is 0.750. The molecule has 0 heterocycles. The van der Waals surface area contributed by atoms with Crippen LogP contribution in [0, 0.1) is 41.3 Å². The lowest BCUT2D eigenvalue weighted by molar-refractivity contribution is 0.108. The van der Waals surface area contributed by atoms with Gasteiger partial charge < -0.3 is 4.74 Å². The molecule has 0 aliphatic heterocycles. The van der Waals surface area contributed by atoms with Gasteiger partial charge in [-0.15, -0.1) is 0 Å². The molecule has 1 aromatic rings. The van der Waals surface area contributed by atoms with Crippen LogP contribution in [0.1, 0.15) is 116 Å². The largest absolute Gasteiger partial charge is 0.492 e. The highest BCUT2D eigenvalue weighted by Gasteiger charge is 2.34. The zero-order chi connectivity index (χ0) is 24.6. The predicted octanol–water partition coefficient (Wildman–Crippen LogP) is 10.5. The van der Waals surface area contributed by atoms with Gasteiger partial charge in [0.05, 0.1) is 6.61 Å². The van der Waals surface area contributed by atoms with Gasteiger partial charge in [0.15, 0.2) is 5.82 Å². The maximum absolute atomic E-state index is 14.8. The first-order valence-electron chi connectivity index (χ1n) is 14.9. The Labute approximate surface area is 219 Å². The van der Waals surface area contributed by atoms with Crippen molar-refractivity contribution in [2.24, 2.45) is 35.5 Å². The van der Waals surface area contributed by atoms with E-state index in [2.05, 4.69) is 19.9 Å². The summed E-state index contributed by atoms with van der Waals surface area (Å²) in [5.41, 5.74) is 0.575. The highest BCUT2D eigenvalue weighted by atomic mass is 35.5. The summed E-state index contributed by atoms with van der Waals surface area (Å²) in [5, 5.41) is 0.112. The molecule has 0 N–H and O–H groups in total. The third kappa shape index (κ3) is 7.27. The number of hydrogen-bond acceptors (Lipinski definition) is 1. The molecule has 0 saturated heterocycles. The average Bonchev–Trinajstić information content (AvgIpc) is 2.91. The minimum atomic E-state index is -0.356. The normalized spacial score (nSPS) is 32.1. The smallest absolute Gasteiger partial charge is 0.152 e. The van der Waals surface area contributed by atoms with Crippen molar-refractivity contribution >= 4 is 17.7 Å². The van der Waals surface area contributed by atoms with E-state index in [1.807, 2.05) is 12.1 Å². The van der Waals surface area contributed by atoms with Crippen LogP contribution in [0.4, 0.5) is 4.39 Å². The Morgan fingerprint density at radius 1 is 0.829 bits per heavy atom. The van der Waals surface area contributed by atoms with Gasteiger partial charge in [-0.25, -0.2) is 4.39 Å². The molecule has 196 valence electrons. The lowest BCUT2D eigenvalue weighted by Crippen LogP contribution is -2.29. The van der Waals surface area contributed by atoms with Crippen LogP contribution >= 0.6 is 11.6 Å². The van der Waals surface area contributed by atoms with Crippen molar-refractivity contribution in [3.8, 4) is 5.75 Å². The van der Waals surface area contributed by atoms with Gasteiger partial charge in [-0.3, -0.25) is 0 Å². The van der Waals surface area contributed by atoms with Crippen LogP contribution in [0.3, 0.4) is 0 Å². The number of ether oxygens (including phenoxy) is 1.